The van der Waals surface area contributed by atoms with E-state index in [0.29, 0.717) is 13.2 Å². The van der Waals surface area contributed by atoms with Crippen molar-refractivity contribution < 1.29 is 14.2 Å². The summed E-state index contributed by atoms with van der Waals surface area (Å²) in [5, 5.41) is 0. The van der Waals surface area contributed by atoms with E-state index < -0.39 is 0 Å². The molecular weight excluding hydrogens is 324 g/mol. The summed E-state index contributed by atoms with van der Waals surface area (Å²) in [4.78, 5) is 0. The Hall–Kier alpha value is -2.00. The predicted octanol–water partition coefficient (Wildman–Crippen LogP) is 6.01. The zero-order chi connectivity index (χ0) is 18.7. The molecule has 1 heterocycles. The number of aryl methyl sites for hydroxylation is 2. The molecule has 1 atom stereocenters. The summed E-state index contributed by atoms with van der Waals surface area (Å²) < 4.78 is 18.0. The van der Waals surface area contributed by atoms with Crippen LogP contribution in [0.1, 0.15) is 56.4 Å². The van der Waals surface area contributed by atoms with E-state index in [1.54, 1.807) is 0 Å². The van der Waals surface area contributed by atoms with Crippen LogP contribution >= 0.6 is 0 Å². The Balaban J connectivity index is 1.98. The Morgan fingerprint density at radius 1 is 1.08 bits per heavy atom. The maximum atomic E-state index is 6.16. The van der Waals surface area contributed by atoms with Crippen LogP contribution < -0.4 is 9.47 Å². The molecular formula is C23H30O3. The fourth-order valence-corrected chi connectivity index (χ4v) is 3.82. The molecule has 26 heavy (non-hydrogen) atoms. The average molecular weight is 354 g/mol. The lowest BCUT2D eigenvalue weighted by Gasteiger charge is -2.19. The van der Waals surface area contributed by atoms with Crippen LogP contribution in [0.5, 0.6) is 11.5 Å². The van der Waals surface area contributed by atoms with Crippen LogP contribution in [0.3, 0.4) is 0 Å². The highest BCUT2D eigenvalue weighted by atomic mass is 16.5. The molecule has 2 aromatic rings. The third kappa shape index (κ3) is 3.59. The van der Waals surface area contributed by atoms with Crippen molar-refractivity contribution in [3.05, 3.63) is 47.0 Å². The van der Waals surface area contributed by atoms with Crippen LogP contribution in [0.15, 0.2) is 30.3 Å². The summed E-state index contributed by atoms with van der Waals surface area (Å²) in [6, 6.07) is 10.7. The predicted molar refractivity (Wildman–Crippen MR) is 106 cm³/mol. The molecule has 1 aliphatic rings. The highest BCUT2D eigenvalue weighted by Crippen LogP contribution is 2.44. The van der Waals surface area contributed by atoms with Crippen LogP contribution in [-0.4, -0.2) is 19.3 Å². The zero-order valence-electron chi connectivity index (χ0n) is 16.6. The molecule has 2 aromatic carbocycles. The van der Waals surface area contributed by atoms with Crippen LogP contribution in [0.2, 0.25) is 0 Å². The molecule has 0 aliphatic carbocycles. The number of benzene rings is 2. The van der Waals surface area contributed by atoms with E-state index in [1.165, 1.54) is 16.7 Å². The van der Waals surface area contributed by atoms with E-state index in [2.05, 4.69) is 58.0 Å². The molecule has 0 fully saturated rings. The van der Waals surface area contributed by atoms with Crippen molar-refractivity contribution in [3.8, 4) is 22.6 Å². The van der Waals surface area contributed by atoms with Gasteiger partial charge in [0, 0.05) is 17.7 Å². The van der Waals surface area contributed by atoms with Crippen molar-refractivity contribution in [3.63, 3.8) is 0 Å². The first-order valence-corrected chi connectivity index (χ1v) is 9.74. The smallest absolute Gasteiger partial charge is 0.133 e. The van der Waals surface area contributed by atoms with Crippen molar-refractivity contribution >= 4 is 0 Å². The first-order chi connectivity index (χ1) is 12.6. The molecule has 0 radical (unpaired) electrons. The lowest BCUT2D eigenvalue weighted by molar-refractivity contribution is 0.0468. The lowest BCUT2D eigenvalue weighted by Crippen LogP contribution is -2.13. The molecule has 0 saturated carbocycles. The summed E-state index contributed by atoms with van der Waals surface area (Å²) in [7, 11) is 0. The van der Waals surface area contributed by atoms with Gasteiger partial charge in [-0.3, -0.25) is 0 Å². The molecule has 3 heteroatoms. The van der Waals surface area contributed by atoms with E-state index in [0.717, 1.165) is 35.5 Å². The molecule has 0 bridgehead atoms. The molecule has 3 nitrogen and oxygen atoms in total. The minimum atomic E-state index is 0.0352. The van der Waals surface area contributed by atoms with Gasteiger partial charge in [-0.2, -0.15) is 0 Å². The highest BCUT2D eigenvalue weighted by molar-refractivity contribution is 5.78. The zero-order valence-corrected chi connectivity index (χ0v) is 16.6. The number of rotatable bonds is 7. The van der Waals surface area contributed by atoms with E-state index in [-0.39, 0.29) is 12.2 Å². The second kappa shape index (κ2) is 8.13. The van der Waals surface area contributed by atoms with Crippen molar-refractivity contribution in [2.75, 3.05) is 13.2 Å². The van der Waals surface area contributed by atoms with Crippen LogP contribution in [0, 0.1) is 13.8 Å². The first kappa shape index (κ1) is 18.8. The van der Waals surface area contributed by atoms with Gasteiger partial charge in [0.15, 0.2) is 0 Å². The van der Waals surface area contributed by atoms with E-state index in [9.17, 15) is 0 Å². The van der Waals surface area contributed by atoms with Crippen LogP contribution in [-0.2, 0) is 4.74 Å². The maximum absolute atomic E-state index is 6.16. The van der Waals surface area contributed by atoms with Gasteiger partial charge in [0.2, 0.25) is 0 Å². The Bertz CT molecular complexity index is 739. The maximum Gasteiger partial charge on any atom is 0.133 e. The molecule has 0 saturated heterocycles. The molecule has 0 amide bonds. The standard InChI is InChI=1S/C23H30O3/c1-6-17(7-2)26-18-12-15(4)22(16(5)13-18)20-11-9-10-19-21(24-8-3)14-25-23(19)20/h9-13,17,21H,6-8,14H2,1-5H3/t21-/m1/s1. The Kier molecular flexibility index (Phi) is 5.87. The van der Waals surface area contributed by atoms with Gasteiger partial charge in [-0.15, -0.1) is 0 Å². The van der Waals surface area contributed by atoms with Crippen LogP contribution in [0.25, 0.3) is 11.1 Å². The molecule has 0 unspecified atom stereocenters. The summed E-state index contributed by atoms with van der Waals surface area (Å²) in [6.45, 7) is 11.9. The quantitative estimate of drug-likeness (QED) is 0.609. The van der Waals surface area contributed by atoms with Crippen molar-refractivity contribution in [2.45, 2.75) is 59.7 Å². The minimum absolute atomic E-state index is 0.0352. The fraction of sp³-hybridized carbons (Fsp3) is 0.478. The SMILES string of the molecule is CCO[C@@H]1COc2c(-c3c(C)cc(OC(CC)CC)cc3C)cccc21. The molecule has 1 aliphatic heterocycles. The van der Waals surface area contributed by atoms with Gasteiger partial charge in [0.05, 0.1) is 6.10 Å². The third-order valence-electron chi connectivity index (χ3n) is 5.13. The Morgan fingerprint density at radius 2 is 1.77 bits per heavy atom. The van der Waals surface area contributed by atoms with Gasteiger partial charge in [-0.05, 0) is 62.4 Å². The summed E-state index contributed by atoms with van der Waals surface area (Å²) >= 11 is 0. The largest absolute Gasteiger partial charge is 0.490 e. The van der Waals surface area contributed by atoms with E-state index in [1.807, 2.05) is 6.92 Å². The number of fused-ring (bicyclic) bond motifs is 1. The summed E-state index contributed by atoms with van der Waals surface area (Å²) in [5.41, 5.74) is 5.95. The second-order valence-electron chi connectivity index (χ2n) is 6.97. The molecule has 3 rings (SSSR count). The van der Waals surface area contributed by atoms with Crippen molar-refractivity contribution in [1.29, 1.82) is 0 Å². The second-order valence-corrected chi connectivity index (χ2v) is 6.97. The van der Waals surface area contributed by atoms with Crippen molar-refractivity contribution in [1.82, 2.24) is 0 Å². The number of hydrogen-bond acceptors (Lipinski definition) is 3. The molecule has 0 aromatic heterocycles. The number of para-hydroxylation sites is 1. The summed E-state index contributed by atoms with van der Waals surface area (Å²) in [5.74, 6) is 1.92. The van der Waals surface area contributed by atoms with E-state index >= 15 is 0 Å². The van der Waals surface area contributed by atoms with Gasteiger partial charge in [0.1, 0.15) is 24.2 Å². The normalized spacial score (nSPS) is 15.8. The topological polar surface area (TPSA) is 27.7 Å². The van der Waals surface area contributed by atoms with Crippen molar-refractivity contribution in [2.24, 2.45) is 0 Å². The highest BCUT2D eigenvalue weighted by Gasteiger charge is 2.28. The van der Waals surface area contributed by atoms with Crippen LogP contribution in [0.4, 0.5) is 0 Å². The van der Waals surface area contributed by atoms with E-state index in [4.69, 9.17) is 14.2 Å². The van der Waals surface area contributed by atoms with Gasteiger partial charge in [-0.1, -0.05) is 32.0 Å². The minimum Gasteiger partial charge on any atom is -0.490 e. The molecule has 0 N–H and O–H groups in total. The fourth-order valence-electron chi connectivity index (χ4n) is 3.82. The molecule has 0 spiro atoms. The Morgan fingerprint density at radius 3 is 2.38 bits per heavy atom. The summed E-state index contributed by atoms with van der Waals surface area (Å²) in [6.07, 6.45) is 2.36. The monoisotopic (exact) mass is 354 g/mol. The lowest BCUT2D eigenvalue weighted by atomic mass is 9.93. The van der Waals surface area contributed by atoms with Gasteiger partial charge < -0.3 is 14.2 Å². The molecule has 140 valence electrons. The number of ether oxygens (including phenoxy) is 3. The van der Waals surface area contributed by atoms with Gasteiger partial charge in [0.25, 0.3) is 0 Å². The van der Waals surface area contributed by atoms with Gasteiger partial charge >= 0.3 is 0 Å². The third-order valence-corrected chi connectivity index (χ3v) is 5.13. The Labute approximate surface area is 157 Å². The van der Waals surface area contributed by atoms with Gasteiger partial charge in [-0.25, -0.2) is 0 Å². The average Bonchev–Trinajstić information content (AvgIpc) is 3.03. The first-order valence-electron chi connectivity index (χ1n) is 9.74. The number of hydrogen-bond donors (Lipinski definition) is 0.